The van der Waals surface area contributed by atoms with E-state index < -0.39 is 0 Å². The summed E-state index contributed by atoms with van der Waals surface area (Å²) in [5.41, 5.74) is 1.98. The highest BCUT2D eigenvalue weighted by Crippen LogP contribution is 2.19. The molecule has 3 rings (SSSR count). The molecule has 1 saturated heterocycles. The van der Waals surface area contributed by atoms with E-state index >= 15 is 0 Å². The average Bonchev–Trinajstić information content (AvgIpc) is 2.61. The number of pyridine rings is 1. The second kappa shape index (κ2) is 7.68. The van der Waals surface area contributed by atoms with Crippen molar-refractivity contribution < 1.29 is 14.3 Å². The van der Waals surface area contributed by atoms with Crippen LogP contribution in [-0.4, -0.2) is 23.7 Å². The topological polar surface area (TPSA) is 48.4 Å². The fourth-order valence-electron chi connectivity index (χ4n) is 2.56. The molecule has 0 bridgehead atoms. The van der Waals surface area contributed by atoms with Crippen molar-refractivity contribution in [1.82, 2.24) is 4.98 Å². The molecular formula is C18H18ClNO3. The maximum atomic E-state index is 12.7. The maximum Gasteiger partial charge on any atom is 0.194 e. The van der Waals surface area contributed by atoms with Crippen LogP contribution in [-0.2, 0) is 16.1 Å². The van der Waals surface area contributed by atoms with Gasteiger partial charge in [-0.15, -0.1) is 0 Å². The summed E-state index contributed by atoms with van der Waals surface area (Å²) in [5, 5.41) is 0.368. The van der Waals surface area contributed by atoms with Crippen LogP contribution in [0.5, 0.6) is 0 Å². The van der Waals surface area contributed by atoms with Gasteiger partial charge in [-0.3, -0.25) is 4.79 Å². The normalized spacial score (nSPS) is 17.9. The molecule has 0 radical (unpaired) electrons. The Balaban J connectivity index is 1.74. The average molecular weight is 332 g/mol. The van der Waals surface area contributed by atoms with Crippen LogP contribution in [0.1, 0.15) is 40.7 Å². The van der Waals surface area contributed by atoms with Crippen molar-refractivity contribution in [3.05, 3.63) is 64.4 Å². The van der Waals surface area contributed by atoms with Crippen LogP contribution in [0.15, 0.2) is 42.6 Å². The highest BCUT2D eigenvalue weighted by atomic mass is 35.5. The number of rotatable bonds is 5. The van der Waals surface area contributed by atoms with E-state index in [1.54, 1.807) is 18.2 Å². The molecule has 120 valence electrons. The lowest BCUT2D eigenvalue weighted by Gasteiger charge is -2.23. The SMILES string of the molecule is O=C(c1ccc(Cl)nc1)c1ccccc1COC1CCCCO1. The van der Waals surface area contributed by atoms with Crippen LogP contribution >= 0.6 is 11.6 Å². The fourth-order valence-corrected chi connectivity index (χ4v) is 2.67. The summed E-state index contributed by atoms with van der Waals surface area (Å²) < 4.78 is 11.4. The molecule has 0 amide bonds. The molecule has 1 atom stereocenters. The number of hydrogen-bond acceptors (Lipinski definition) is 4. The molecule has 0 spiro atoms. The van der Waals surface area contributed by atoms with Crippen molar-refractivity contribution in [3.8, 4) is 0 Å². The van der Waals surface area contributed by atoms with Crippen LogP contribution in [0, 0.1) is 0 Å². The van der Waals surface area contributed by atoms with Crippen LogP contribution in [0.25, 0.3) is 0 Å². The second-order valence-corrected chi connectivity index (χ2v) is 5.85. The Bertz CT molecular complexity index is 666. The molecule has 0 saturated carbocycles. The first-order valence-electron chi connectivity index (χ1n) is 7.71. The molecule has 4 nitrogen and oxygen atoms in total. The first-order valence-corrected chi connectivity index (χ1v) is 8.09. The quantitative estimate of drug-likeness (QED) is 0.613. The Morgan fingerprint density at radius 3 is 2.87 bits per heavy atom. The number of aromatic nitrogens is 1. The maximum absolute atomic E-state index is 12.7. The van der Waals surface area contributed by atoms with Crippen LogP contribution in [0.4, 0.5) is 0 Å². The van der Waals surface area contributed by atoms with E-state index in [4.69, 9.17) is 21.1 Å². The van der Waals surface area contributed by atoms with E-state index in [2.05, 4.69) is 4.98 Å². The lowest BCUT2D eigenvalue weighted by molar-refractivity contribution is -0.168. The molecule has 23 heavy (non-hydrogen) atoms. The van der Waals surface area contributed by atoms with Crippen molar-refractivity contribution in [2.45, 2.75) is 32.2 Å². The van der Waals surface area contributed by atoms with Crippen LogP contribution < -0.4 is 0 Å². The largest absolute Gasteiger partial charge is 0.353 e. The van der Waals surface area contributed by atoms with Crippen LogP contribution in [0.3, 0.4) is 0 Å². The molecule has 1 aliphatic rings. The Hall–Kier alpha value is -1.75. The number of ketones is 1. The minimum Gasteiger partial charge on any atom is -0.353 e. The Kier molecular flexibility index (Phi) is 5.39. The number of ether oxygens (including phenoxy) is 2. The summed E-state index contributed by atoms with van der Waals surface area (Å²) in [5.74, 6) is -0.0853. The second-order valence-electron chi connectivity index (χ2n) is 5.46. The van der Waals surface area contributed by atoms with Gasteiger partial charge in [0.05, 0.1) is 6.61 Å². The van der Waals surface area contributed by atoms with E-state index in [9.17, 15) is 4.79 Å². The third-order valence-electron chi connectivity index (χ3n) is 3.81. The van der Waals surface area contributed by atoms with Gasteiger partial charge in [-0.25, -0.2) is 4.98 Å². The Labute approximate surface area is 140 Å². The molecule has 1 aromatic heterocycles. The van der Waals surface area contributed by atoms with Gasteiger partial charge < -0.3 is 9.47 Å². The van der Waals surface area contributed by atoms with Crippen molar-refractivity contribution in [2.24, 2.45) is 0 Å². The van der Waals surface area contributed by atoms with Crippen LogP contribution in [0.2, 0.25) is 5.15 Å². The molecule has 0 aliphatic carbocycles. The van der Waals surface area contributed by atoms with Crippen molar-refractivity contribution >= 4 is 17.4 Å². The highest BCUT2D eigenvalue weighted by Gasteiger charge is 2.17. The monoisotopic (exact) mass is 331 g/mol. The number of carbonyl (C=O) groups is 1. The van der Waals surface area contributed by atoms with Gasteiger partial charge in [0.2, 0.25) is 0 Å². The number of nitrogens with zero attached hydrogens (tertiary/aromatic N) is 1. The molecule has 2 aromatic rings. The zero-order valence-corrected chi connectivity index (χ0v) is 13.5. The lowest BCUT2D eigenvalue weighted by Crippen LogP contribution is -2.22. The zero-order chi connectivity index (χ0) is 16.1. The molecule has 1 aliphatic heterocycles. The molecule has 1 aromatic carbocycles. The van der Waals surface area contributed by atoms with Gasteiger partial charge >= 0.3 is 0 Å². The zero-order valence-electron chi connectivity index (χ0n) is 12.7. The third-order valence-corrected chi connectivity index (χ3v) is 4.04. The summed E-state index contributed by atoms with van der Waals surface area (Å²) >= 11 is 5.77. The minimum absolute atomic E-state index is 0.0853. The van der Waals surface area contributed by atoms with Gasteiger partial charge in [0, 0.05) is 23.9 Å². The molecule has 1 fully saturated rings. The third kappa shape index (κ3) is 4.16. The standard InChI is InChI=1S/C18H18ClNO3/c19-16-9-8-13(11-20-16)18(21)15-6-2-1-5-14(15)12-23-17-7-3-4-10-22-17/h1-2,5-6,8-9,11,17H,3-4,7,10,12H2. The number of hydrogen-bond donors (Lipinski definition) is 0. The summed E-state index contributed by atoms with van der Waals surface area (Å²) in [7, 11) is 0. The van der Waals surface area contributed by atoms with E-state index in [1.807, 2.05) is 18.2 Å². The Morgan fingerprint density at radius 1 is 1.26 bits per heavy atom. The first-order chi connectivity index (χ1) is 11.2. The summed E-state index contributed by atoms with van der Waals surface area (Å²) in [6.45, 7) is 1.09. The van der Waals surface area contributed by atoms with E-state index in [1.165, 1.54) is 6.20 Å². The fraction of sp³-hybridized carbons (Fsp3) is 0.333. The van der Waals surface area contributed by atoms with Gasteiger partial charge in [0.1, 0.15) is 5.15 Å². The lowest BCUT2D eigenvalue weighted by atomic mass is 10.00. The molecule has 5 heteroatoms. The van der Waals surface area contributed by atoms with E-state index in [0.29, 0.717) is 22.9 Å². The smallest absolute Gasteiger partial charge is 0.194 e. The van der Waals surface area contributed by atoms with Gasteiger partial charge in [-0.2, -0.15) is 0 Å². The summed E-state index contributed by atoms with van der Waals surface area (Å²) in [4.78, 5) is 16.6. The molecule has 0 N–H and O–H groups in total. The summed E-state index contributed by atoms with van der Waals surface area (Å²) in [6.07, 6.45) is 4.41. The predicted molar refractivity (Wildman–Crippen MR) is 87.5 cm³/mol. The van der Waals surface area contributed by atoms with Crippen molar-refractivity contribution in [1.29, 1.82) is 0 Å². The molecule has 2 heterocycles. The van der Waals surface area contributed by atoms with E-state index in [0.717, 1.165) is 31.4 Å². The highest BCUT2D eigenvalue weighted by molar-refractivity contribution is 6.29. The van der Waals surface area contributed by atoms with Gasteiger partial charge in [0.15, 0.2) is 12.1 Å². The minimum atomic E-state index is -0.177. The van der Waals surface area contributed by atoms with Crippen molar-refractivity contribution in [2.75, 3.05) is 6.61 Å². The van der Waals surface area contributed by atoms with Gasteiger partial charge in [0.25, 0.3) is 0 Å². The Morgan fingerprint density at radius 2 is 2.13 bits per heavy atom. The number of benzene rings is 1. The summed E-state index contributed by atoms with van der Waals surface area (Å²) in [6, 6.07) is 10.7. The predicted octanol–water partition coefficient (Wildman–Crippen LogP) is 4.01. The van der Waals surface area contributed by atoms with Gasteiger partial charge in [-0.1, -0.05) is 35.9 Å². The first kappa shape index (κ1) is 16.1. The van der Waals surface area contributed by atoms with Gasteiger partial charge in [-0.05, 0) is 37.0 Å². The number of carbonyl (C=O) groups excluding carboxylic acids is 1. The molecule has 1 unspecified atom stereocenters. The molecular weight excluding hydrogens is 314 g/mol. The number of halogens is 1. The van der Waals surface area contributed by atoms with E-state index in [-0.39, 0.29) is 12.1 Å². The van der Waals surface area contributed by atoms with Crippen molar-refractivity contribution in [3.63, 3.8) is 0 Å².